The number of carbonyl (C=O) groups is 2. The predicted octanol–water partition coefficient (Wildman–Crippen LogP) is 1.74. The van der Waals surface area contributed by atoms with E-state index in [4.69, 9.17) is 4.74 Å². The molecule has 0 aromatic carbocycles. The smallest absolute Gasteiger partial charge is 0.326 e. The summed E-state index contributed by atoms with van der Waals surface area (Å²) in [4.78, 5) is 26.4. The zero-order valence-corrected chi connectivity index (χ0v) is 15.2. The molecule has 23 heavy (non-hydrogen) atoms. The molecule has 1 aliphatic rings. The molecule has 1 fully saturated rings. The van der Waals surface area contributed by atoms with Crippen LogP contribution in [-0.2, 0) is 14.3 Å². The average Bonchev–Trinajstić information content (AvgIpc) is 2.42. The van der Waals surface area contributed by atoms with E-state index >= 15 is 0 Å². The number of hydrogen-bond donors (Lipinski definition) is 2. The second-order valence-corrected chi connectivity index (χ2v) is 7.11. The van der Waals surface area contributed by atoms with Gasteiger partial charge in [0.25, 0.3) is 0 Å². The molecule has 1 saturated heterocycles. The van der Waals surface area contributed by atoms with E-state index in [1.54, 1.807) is 0 Å². The number of ether oxygens (including phenoxy) is 1. The third kappa shape index (κ3) is 5.46. The van der Waals surface area contributed by atoms with E-state index in [0.717, 1.165) is 0 Å². The molecule has 5 atom stereocenters. The van der Waals surface area contributed by atoms with Gasteiger partial charge in [-0.1, -0.05) is 34.1 Å². The van der Waals surface area contributed by atoms with Gasteiger partial charge in [-0.3, -0.25) is 9.69 Å². The lowest BCUT2D eigenvalue weighted by atomic mass is 9.96. The van der Waals surface area contributed by atoms with Crippen molar-refractivity contribution in [2.75, 3.05) is 13.1 Å². The first-order valence-corrected chi connectivity index (χ1v) is 8.60. The van der Waals surface area contributed by atoms with Crippen LogP contribution >= 0.6 is 0 Å². The maximum atomic E-state index is 12.8. The van der Waals surface area contributed by atoms with Gasteiger partial charge in [-0.2, -0.15) is 0 Å². The van der Waals surface area contributed by atoms with Gasteiger partial charge in [0, 0.05) is 13.1 Å². The van der Waals surface area contributed by atoms with Gasteiger partial charge in [0.15, 0.2) is 0 Å². The van der Waals surface area contributed by atoms with Crippen molar-refractivity contribution >= 4 is 11.9 Å². The van der Waals surface area contributed by atoms with Gasteiger partial charge in [-0.25, -0.2) is 4.79 Å². The zero-order valence-electron chi connectivity index (χ0n) is 15.2. The highest BCUT2D eigenvalue weighted by atomic mass is 16.5. The quantitative estimate of drug-likeness (QED) is 0.744. The summed E-state index contributed by atoms with van der Waals surface area (Å²) in [6.45, 7) is 13.1. The van der Waals surface area contributed by atoms with Gasteiger partial charge in [0.1, 0.15) is 6.04 Å². The van der Waals surface area contributed by atoms with E-state index in [-0.39, 0.29) is 36.0 Å². The molecule has 0 aliphatic carbocycles. The molecule has 0 radical (unpaired) electrons. The number of carbonyl (C=O) groups excluding carboxylic acids is 1. The minimum Gasteiger partial charge on any atom is -0.480 e. The molecule has 0 saturated carbocycles. The topological polar surface area (TPSA) is 78.9 Å². The second-order valence-electron chi connectivity index (χ2n) is 7.11. The van der Waals surface area contributed by atoms with Crippen LogP contribution in [0.5, 0.6) is 0 Å². The van der Waals surface area contributed by atoms with Crippen molar-refractivity contribution in [3.63, 3.8) is 0 Å². The number of carboxylic acids is 1. The maximum absolute atomic E-state index is 12.8. The van der Waals surface area contributed by atoms with Gasteiger partial charge in [-0.15, -0.1) is 0 Å². The lowest BCUT2D eigenvalue weighted by Gasteiger charge is -2.41. The number of hydrogen-bond acceptors (Lipinski definition) is 4. The van der Waals surface area contributed by atoms with E-state index in [9.17, 15) is 14.7 Å². The Labute approximate surface area is 139 Å². The van der Waals surface area contributed by atoms with Crippen LogP contribution in [0.3, 0.4) is 0 Å². The van der Waals surface area contributed by atoms with E-state index in [1.165, 1.54) is 0 Å². The molecular formula is C17H32N2O4. The van der Waals surface area contributed by atoms with Crippen LogP contribution in [0.2, 0.25) is 0 Å². The van der Waals surface area contributed by atoms with Crippen molar-refractivity contribution in [3.05, 3.63) is 0 Å². The van der Waals surface area contributed by atoms with E-state index in [0.29, 0.717) is 19.5 Å². The number of morpholine rings is 1. The van der Waals surface area contributed by atoms with Crippen molar-refractivity contribution in [1.82, 2.24) is 10.2 Å². The number of amides is 1. The van der Waals surface area contributed by atoms with Gasteiger partial charge >= 0.3 is 5.97 Å². The minimum absolute atomic E-state index is 0.0673. The highest BCUT2D eigenvalue weighted by Crippen LogP contribution is 2.19. The van der Waals surface area contributed by atoms with Gasteiger partial charge in [0.2, 0.25) is 5.91 Å². The summed E-state index contributed by atoms with van der Waals surface area (Å²) in [6, 6.07) is -1.18. The molecule has 1 amide bonds. The Morgan fingerprint density at radius 2 is 1.74 bits per heavy atom. The summed E-state index contributed by atoms with van der Waals surface area (Å²) in [6.07, 6.45) is 0.838. The SMILES string of the molecule is CCC(C)C(NC(=O)C(C(C)C)N1CC(C)OC(C)C1)C(=O)O. The monoisotopic (exact) mass is 328 g/mol. The number of rotatable bonds is 7. The molecule has 2 N–H and O–H groups in total. The van der Waals surface area contributed by atoms with Crippen molar-refractivity contribution in [2.45, 2.75) is 72.3 Å². The van der Waals surface area contributed by atoms with Gasteiger partial charge in [0.05, 0.1) is 18.2 Å². The molecule has 1 heterocycles. The van der Waals surface area contributed by atoms with Crippen LogP contribution in [0.15, 0.2) is 0 Å². The Kier molecular flexibility index (Phi) is 7.48. The molecule has 0 bridgehead atoms. The predicted molar refractivity (Wildman–Crippen MR) is 89.2 cm³/mol. The van der Waals surface area contributed by atoms with E-state index in [1.807, 2.05) is 41.5 Å². The van der Waals surface area contributed by atoms with Crippen LogP contribution in [0.25, 0.3) is 0 Å². The first-order valence-electron chi connectivity index (χ1n) is 8.60. The van der Waals surface area contributed by atoms with Gasteiger partial charge < -0.3 is 15.2 Å². The molecule has 0 aromatic rings. The van der Waals surface area contributed by atoms with Crippen LogP contribution in [0, 0.1) is 11.8 Å². The summed E-state index contributed by atoms with van der Waals surface area (Å²) < 4.78 is 5.73. The van der Waals surface area contributed by atoms with Crippen molar-refractivity contribution < 1.29 is 19.4 Å². The first-order chi connectivity index (χ1) is 10.7. The van der Waals surface area contributed by atoms with Crippen LogP contribution in [-0.4, -0.2) is 59.3 Å². The molecule has 0 aromatic heterocycles. The lowest BCUT2D eigenvalue weighted by molar-refractivity contribution is -0.146. The third-order valence-electron chi connectivity index (χ3n) is 4.52. The molecule has 5 unspecified atom stereocenters. The Bertz CT molecular complexity index is 403. The molecular weight excluding hydrogens is 296 g/mol. The number of carboxylic acid groups (broad SMARTS) is 1. The highest BCUT2D eigenvalue weighted by molar-refractivity contribution is 5.87. The summed E-state index contributed by atoms with van der Waals surface area (Å²) in [5.74, 6) is -1.18. The summed E-state index contributed by atoms with van der Waals surface area (Å²) >= 11 is 0. The van der Waals surface area contributed by atoms with E-state index in [2.05, 4.69) is 10.2 Å². The third-order valence-corrected chi connectivity index (χ3v) is 4.52. The Morgan fingerprint density at radius 1 is 1.22 bits per heavy atom. The van der Waals surface area contributed by atoms with E-state index < -0.39 is 12.0 Å². The molecule has 1 rings (SSSR count). The maximum Gasteiger partial charge on any atom is 0.326 e. The Morgan fingerprint density at radius 3 is 2.13 bits per heavy atom. The Hall–Kier alpha value is -1.14. The number of aliphatic carboxylic acids is 1. The first kappa shape index (κ1) is 19.9. The number of nitrogens with zero attached hydrogens (tertiary/aromatic N) is 1. The largest absolute Gasteiger partial charge is 0.480 e. The summed E-state index contributed by atoms with van der Waals surface area (Å²) in [7, 11) is 0. The fourth-order valence-electron chi connectivity index (χ4n) is 3.26. The fourth-order valence-corrected chi connectivity index (χ4v) is 3.26. The lowest BCUT2D eigenvalue weighted by Crippen LogP contribution is -2.59. The molecule has 134 valence electrons. The molecule has 1 aliphatic heterocycles. The van der Waals surface area contributed by atoms with Crippen LogP contribution in [0.1, 0.15) is 48.0 Å². The summed E-state index contributed by atoms with van der Waals surface area (Å²) in [5.41, 5.74) is 0. The normalized spacial score (nSPS) is 26.6. The van der Waals surface area contributed by atoms with Crippen molar-refractivity contribution in [2.24, 2.45) is 11.8 Å². The standard InChI is InChI=1S/C17H32N2O4/c1-7-11(4)14(17(21)22)18-16(20)15(10(2)3)19-8-12(5)23-13(6)9-19/h10-15H,7-9H2,1-6H3,(H,18,20)(H,21,22). The number of nitrogens with one attached hydrogen (secondary N) is 1. The Balaban J connectivity index is 2.87. The average molecular weight is 328 g/mol. The van der Waals surface area contributed by atoms with Crippen molar-refractivity contribution in [3.8, 4) is 0 Å². The molecule has 6 heteroatoms. The zero-order chi connectivity index (χ0) is 17.7. The minimum atomic E-state index is -0.973. The highest BCUT2D eigenvalue weighted by Gasteiger charge is 2.36. The van der Waals surface area contributed by atoms with Gasteiger partial charge in [-0.05, 0) is 25.7 Å². The van der Waals surface area contributed by atoms with Crippen LogP contribution < -0.4 is 5.32 Å². The second kappa shape index (κ2) is 8.64. The van der Waals surface area contributed by atoms with Crippen LogP contribution in [0.4, 0.5) is 0 Å². The molecule has 6 nitrogen and oxygen atoms in total. The molecule has 0 spiro atoms. The summed E-state index contributed by atoms with van der Waals surface area (Å²) in [5, 5.41) is 12.1. The van der Waals surface area contributed by atoms with Crippen molar-refractivity contribution in [1.29, 1.82) is 0 Å². The fraction of sp³-hybridized carbons (Fsp3) is 0.882.